The fourth-order valence-corrected chi connectivity index (χ4v) is 6.78. The number of hydrogen-bond donors (Lipinski definition) is 4. The van der Waals surface area contributed by atoms with Crippen LogP contribution in [0.4, 0.5) is 27.7 Å². The highest BCUT2D eigenvalue weighted by atomic mass is 32.1. The summed E-state index contributed by atoms with van der Waals surface area (Å²) in [6.45, 7) is 2.20. The van der Waals surface area contributed by atoms with Crippen LogP contribution >= 0.6 is 12.6 Å². The summed E-state index contributed by atoms with van der Waals surface area (Å²) >= 11 is 4.27. The summed E-state index contributed by atoms with van der Waals surface area (Å²) in [5, 5.41) is 18.9. The quantitative estimate of drug-likeness (QED) is 0.191. The number of carbonyl (C=O) groups is 2. The van der Waals surface area contributed by atoms with E-state index in [9.17, 15) is 9.59 Å². The van der Waals surface area contributed by atoms with Crippen molar-refractivity contribution in [2.45, 2.75) is 69.6 Å². The van der Waals surface area contributed by atoms with Crippen LogP contribution in [0.1, 0.15) is 56.1 Å². The van der Waals surface area contributed by atoms with Crippen LogP contribution in [0.25, 0.3) is 0 Å². The zero-order valence-electron chi connectivity index (χ0n) is 27.4. The van der Waals surface area contributed by atoms with Crippen LogP contribution in [-0.2, 0) is 11.3 Å². The van der Waals surface area contributed by atoms with E-state index in [4.69, 9.17) is 5.26 Å². The fraction of sp³-hybridized carbons (Fsp3) is 0.444. The van der Waals surface area contributed by atoms with Gasteiger partial charge in [-0.15, -0.1) is 0 Å². The molecule has 2 fully saturated rings. The zero-order chi connectivity index (χ0) is 33.2. The van der Waals surface area contributed by atoms with Gasteiger partial charge < -0.3 is 25.8 Å². The van der Waals surface area contributed by atoms with Gasteiger partial charge in [0, 0.05) is 56.1 Å². The molecule has 0 radical (unpaired) electrons. The van der Waals surface area contributed by atoms with Crippen LogP contribution in [0.2, 0.25) is 0 Å². The topological polar surface area (TPSA) is 117 Å². The van der Waals surface area contributed by atoms with Crippen LogP contribution in [0.15, 0.2) is 66.9 Å². The molecule has 11 heteroatoms. The van der Waals surface area contributed by atoms with Crippen molar-refractivity contribution in [1.29, 1.82) is 5.26 Å². The Hall–Kier alpha value is -4.27. The molecular formula is C36H46N8O2S. The second kappa shape index (κ2) is 16.5. The van der Waals surface area contributed by atoms with Gasteiger partial charge in [-0.1, -0.05) is 30.3 Å². The standard InChI is InChI=1S/C36H46N8O2S/c1-42(2)29-16-19-43(20-17-29)33-14-13-31(22-32(33)41-35(45)18-21-47)44(36(46)39-24-26-6-4-3-5-7-26)30-11-9-28(10-12-30)40-34-15-8-27(23-37)25-38-34/h3-8,13-15,22,25,28-30,47H,9-12,16-21,24H2,1-2H3,(H,38,40)(H,39,46)(H,41,45). The molecule has 2 heterocycles. The number of anilines is 4. The second-order valence-electron chi connectivity index (χ2n) is 12.6. The van der Waals surface area contributed by atoms with Crippen molar-refractivity contribution in [1.82, 2.24) is 15.2 Å². The maximum absolute atomic E-state index is 14.0. The highest BCUT2D eigenvalue weighted by molar-refractivity contribution is 7.80. The molecule has 2 aliphatic rings. The molecule has 3 amide bonds. The minimum absolute atomic E-state index is 0.0274. The summed E-state index contributed by atoms with van der Waals surface area (Å²) in [4.78, 5) is 37.8. The van der Waals surface area contributed by atoms with E-state index in [1.807, 2.05) is 53.4 Å². The van der Waals surface area contributed by atoms with E-state index in [1.54, 1.807) is 12.3 Å². The lowest BCUT2D eigenvalue weighted by molar-refractivity contribution is -0.115. The van der Waals surface area contributed by atoms with Crippen LogP contribution < -0.4 is 25.8 Å². The van der Waals surface area contributed by atoms with Gasteiger partial charge in [-0.2, -0.15) is 17.9 Å². The third-order valence-electron chi connectivity index (χ3n) is 9.22. The van der Waals surface area contributed by atoms with E-state index in [-0.39, 0.29) is 24.0 Å². The van der Waals surface area contributed by atoms with Crippen molar-refractivity contribution in [3.8, 4) is 6.07 Å². The monoisotopic (exact) mass is 654 g/mol. The number of urea groups is 1. The largest absolute Gasteiger partial charge is 0.370 e. The number of benzene rings is 2. The summed E-state index contributed by atoms with van der Waals surface area (Å²) in [6, 6.07) is 22.2. The lowest BCUT2D eigenvalue weighted by Gasteiger charge is -2.39. The number of nitrogens with zero attached hydrogens (tertiary/aromatic N) is 5. The van der Waals surface area contributed by atoms with Gasteiger partial charge in [0.25, 0.3) is 0 Å². The van der Waals surface area contributed by atoms with E-state index in [2.05, 4.69) is 69.6 Å². The first kappa shape index (κ1) is 34.1. The number of nitrogens with one attached hydrogen (secondary N) is 3. The van der Waals surface area contributed by atoms with Crippen molar-refractivity contribution in [2.75, 3.05) is 53.4 Å². The number of thiol groups is 1. The summed E-state index contributed by atoms with van der Waals surface area (Å²) in [7, 11) is 4.26. The average Bonchev–Trinajstić information content (AvgIpc) is 3.09. The number of amides is 3. The van der Waals surface area contributed by atoms with Crippen LogP contribution in [-0.4, -0.2) is 72.9 Å². The van der Waals surface area contributed by atoms with Crippen LogP contribution in [0, 0.1) is 11.3 Å². The molecule has 3 aromatic rings. The average molecular weight is 655 g/mol. The molecule has 5 rings (SSSR count). The van der Waals surface area contributed by atoms with Crippen LogP contribution in [0.5, 0.6) is 0 Å². The van der Waals surface area contributed by atoms with Gasteiger partial charge in [0.05, 0.1) is 16.9 Å². The first-order chi connectivity index (χ1) is 22.8. The van der Waals surface area contributed by atoms with Gasteiger partial charge in [-0.05, 0) is 94.3 Å². The first-order valence-electron chi connectivity index (χ1n) is 16.5. The fourth-order valence-electron chi connectivity index (χ4n) is 6.57. The van der Waals surface area contributed by atoms with E-state index >= 15 is 0 Å². The molecule has 0 spiro atoms. The third-order valence-corrected chi connectivity index (χ3v) is 9.44. The number of carbonyl (C=O) groups excluding carboxylic acids is 2. The van der Waals surface area contributed by atoms with E-state index in [1.165, 1.54) is 0 Å². The Morgan fingerprint density at radius 1 is 0.979 bits per heavy atom. The molecule has 1 aliphatic carbocycles. The smallest absolute Gasteiger partial charge is 0.322 e. The predicted octanol–water partition coefficient (Wildman–Crippen LogP) is 5.88. The minimum Gasteiger partial charge on any atom is -0.370 e. The Morgan fingerprint density at radius 2 is 1.72 bits per heavy atom. The van der Waals surface area contributed by atoms with Gasteiger partial charge in [0.15, 0.2) is 0 Å². The number of hydrogen-bond acceptors (Lipinski definition) is 8. The third kappa shape index (κ3) is 9.18. The van der Waals surface area contributed by atoms with Crippen molar-refractivity contribution < 1.29 is 9.59 Å². The second-order valence-corrected chi connectivity index (χ2v) is 13.1. The molecule has 1 saturated heterocycles. The SMILES string of the molecule is CN(C)C1CCN(c2ccc(N(C(=O)NCc3ccccc3)C3CCC(Nc4ccc(C#N)cn4)CC3)cc2NC(=O)CCS)CC1. The molecule has 1 aliphatic heterocycles. The highest BCUT2D eigenvalue weighted by Gasteiger charge is 2.31. The van der Waals surface area contributed by atoms with E-state index in [0.29, 0.717) is 30.3 Å². The lowest BCUT2D eigenvalue weighted by Crippen LogP contribution is -2.48. The molecule has 248 valence electrons. The summed E-state index contributed by atoms with van der Waals surface area (Å²) in [5.74, 6) is 1.11. The molecule has 2 aromatic carbocycles. The van der Waals surface area contributed by atoms with Gasteiger partial charge in [-0.25, -0.2) is 9.78 Å². The number of pyridine rings is 1. The Balaban J connectivity index is 1.38. The zero-order valence-corrected chi connectivity index (χ0v) is 28.3. The molecule has 47 heavy (non-hydrogen) atoms. The molecule has 0 atom stereocenters. The van der Waals surface area contributed by atoms with Gasteiger partial charge in [0.1, 0.15) is 11.9 Å². The maximum Gasteiger partial charge on any atom is 0.322 e. The maximum atomic E-state index is 14.0. The van der Waals surface area contributed by atoms with E-state index < -0.39 is 0 Å². The summed E-state index contributed by atoms with van der Waals surface area (Å²) in [5.41, 5.74) is 4.02. The molecule has 1 aromatic heterocycles. The van der Waals surface area contributed by atoms with Gasteiger partial charge in [0.2, 0.25) is 5.91 Å². The lowest BCUT2D eigenvalue weighted by atomic mass is 9.89. The number of piperidine rings is 1. The molecule has 0 bridgehead atoms. The highest BCUT2D eigenvalue weighted by Crippen LogP contribution is 2.36. The first-order valence-corrected chi connectivity index (χ1v) is 17.2. The van der Waals surface area contributed by atoms with Gasteiger partial charge >= 0.3 is 6.03 Å². The van der Waals surface area contributed by atoms with Crippen molar-refractivity contribution >= 4 is 47.4 Å². The van der Waals surface area contributed by atoms with Crippen molar-refractivity contribution in [3.05, 3.63) is 78.0 Å². The number of nitriles is 1. The minimum atomic E-state index is -0.161. The Bertz CT molecular complexity index is 1510. The molecule has 0 unspecified atom stereocenters. The Labute approximate surface area is 283 Å². The number of aromatic nitrogens is 1. The molecule has 3 N–H and O–H groups in total. The molecule has 1 saturated carbocycles. The summed E-state index contributed by atoms with van der Waals surface area (Å²) < 4.78 is 0. The van der Waals surface area contributed by atoms with Crippen LogP contribution in [0.3, 0.4) is 0 Å². The summed E-state index contributed by atoms with van der Waals surface area (Å²) in [6.07, 6.45) is 7.29. The normalized spacial score (nSPS) is 18.3. The van der Waals surface area contributed by atoms with E-state index in [0.717, 1.165) is 80.1 Å². The Kier molecular flexibility index (Phi) is 12.0. The Morgan fingerprint density at radius 3 is 2.36 bits per heavy atom. The molecule has 10 nitrogen and oxygen atoms in total. The molecular weight excluding hydrogens is 609 g/mol. The van der Waals surface area contributed by atoms with Crippen molar-refractivity contribution in [3.63, 3.8) is 0 Å². The number of rotatable bonds is 11. The van der Waals surface area contributed by atoms with Crippen molar-refractivity contribution in [2.24, 2.45) is 0 Å². The van der Waals surface area contributed by atoms with Gasteiger partial charge in [-0.3, -0.25) is 9.69 Å². The predicted molar refractivity (Wildman–Crippen MR) is 192 cm³/mol.